The number of pyridine rings is 1. The molecule has 2 aromatic heterocycles. The summed E-state index contributed by atoms with van der Waals surface area (Å²) in [6.07, 6.45) is 3.72. The first kappa shape index (κ1) is 13.1. The van der Waals surface area contributed by atoms with Crippen molar-refractivity contribution < 1.29 is 0 Å². The van der Waals surface area contributed by atoms with E-state index in [0.717, 1.165) is 21.8 Å². The van der Waals surface area contributed by atoms with Gasteiger partial charge in [0, 0.05) is 33.7 Å². The highest BCUT2D eigenvalue weighted by Gasteiger charge is 2.13. The second-order valence-corrected chi connectivity index (χ2v) is 6.35. The SMILES string of the molecule is Cc1nc(C(C)Nc2cccc3cnccc23)c(C)s1. The first-order chi connectivity index (χ1) is 9.65. The Morgan fingerprint density at radius 3 is 2.80 bits per heavy atom. The third kappa shape index (κ3) is 2.39. The van der Waals surface area contributed by atoms with Crippen LogP contribution in [-0.2, 0) is 0 Å². The van der Waals surface area contributed by atoms with Crippen molar-refractivity contribution in [2.75, 3.05) is 5.32 Å². The molecule has 0 amide bonds. The fourth-order valence-electron chi connectivity index (χ4n) is 2.50. The quantitative estimate of drug-likeness (QED) is 0.770. The number of hydrogen-bond acceptors (Lipinski definition) is 4. The Morgan fingerprint density at radius 1 is 1.20 bits per heavy atom. The van der Waals surface area contributed by atoms with E-state index in [2.05, 4.69) is 54.3 Å². The molecule has 20 heavy (non-hydrogen) atoms. The molecular weight excluding hydrogens is 266 g/mol. The molecule has 3 aromatic rings. The Morgan fingerprint density at radius 2 is 2.05 bits per heavy atom. The normalized spacial score (nSPS) is 12.6. The zero-order chi connectivity index (χ0) is 14.1. The van der Waals surface area contributed by atoms with Crippen LogP contribution in [0.4, 0.5) is 5.69 Å². The zero-order valence-electron chi connectivity index (χ0n) is 11.8. The Kier molecular flexibility index (Phi) is 3.40. The Balaban J connectivity index is 1.95. The van der Waals surface area contributed by atoms with Crippen LogP contribution in [0.2, 0.25) is 0 Å². The lowest BCUT2D eigenvalue weighted by Gasteiger charge is -2.16. The lowest BCUT2D eigenvalue weighted by molar-refractivity contribution is 0.838. The van der Waals surface area contributed by atoms with Crippen LogP contribution >= 0.6 is 11.3 Å². The number of aromatic nitrogens is 2. The van der Waals surface area contributed by atoms with E-state index < -0.39 is 0 Å². The highest BCUT2D eigenvalue weighted by Crippen LogP contribution is 2.29. The van der Waals surface area contributed by atoms with E-state index >= 15 is 0 Å². The minimum absolute atomic E-state index is 0.193. The molecule has 0 aliphatic rings. The Labute approximate surface area is 122 Å². The molecule has 0 saturated heterocycles. The minimum Gasteiger partial charge on any atom is -0.376 e. The number of rotatable bonds is 3. The first-order valence-corrected chi connectivity index (χ1v) is 7.50. The van der Waals surface area contributed by atoms with Gasteiger partial charge in [-0.25, -0.2) is 4.98 Å². The molecule has 1 unspecified atom stereocenters. The zero-order valence-corrected chi connectivity index (χ0v) is 12.7. The van der Waals surface area contributed by atoms with E-state index in [9.17, 15) is 0 Å². The van der Waals surface area contributed by atoms with Gasteiger partial charge < -0.3 is 5.32 Å². The monoisotopic (exact) mass is 283 g/mol. The van der Waals surface area contributed by atoms with Crippen molar-refractivity contribution in [2.45, 2.75) is 26.8 Å². The molecule has 1 N–H and O–H groups in total. The van der Waals surface area contributed by atoms with Crippen molar-refractivity contribution in [3.8, 4) is 0 Å². The molecule has 102 valence electrons. The molecular formula is C16H17N3S. The van der Waals surface area contributed by atoms with Crippen LogP contribution in [0, 0.1) is 13.8 Å². The third-order valence-electron chi connectivity index (χ3n) is 3.40. The second kappa shape index (κ2) is 5.21. The van der Waals surface area contributed by atoms with Crippen LogP contribution in [0.5, 0.6) is 0 Å². The topological polar surface area (TPSA) is 37.8 Å². The molecule has 3 rings (SSSR count). The number of nitrogens with zero attached hydrogens (tertiary/aromatic N) is 2. The van der Waals surface area contributed by atoms with Crippen LogP contribution in [0.15, 0.2) is 36.7 Å². The average molecular weight is 283 g/mol. The Hall–Kier alpha value is -1.94. The molecule has 2 heterocycles. The smallest absolute Gasteiger partial charge is 0.0901 e. The molecule has 0 bridgehead atoms. The summed E-state index contributed by atoms with van der Waals surface area (Å²) in [6.45, 7) is 6.34. The van der Waals surface area contributed by atoms with Gasteiger partial charge in [0.05, 0.1) is 16.7 Å². The van der Waals surface area contributed by atoms with Crippen LogP contribution in [-0.4, -0.2) is 9.97 Å². The van der Waals surface area contributed by atoms with Crippen molar-refractivity contribution in [1.82, 2.24) is 9.97 Å². The van der Waals surface area contributed by atoms with Crippen molar-refractivity contribution in [1.29, 1.82) is 0 Å². The van der Waals surface area contributed by atoms with Crippen molar-refractivity contribution in [3.05, 3.63) is 52.2 Å². The standard InChI is InChI=1S/C16H17N3S/c1-10(16-11(2)20-12(3)19-16)18-15-6-4-5-13-9-17-8-7-14(13)15/h4-10,18H,1-3H3. The predicted molar refractivity (Wildman–Crippen MR) is 85.4 cm³/mol. The van der Waals surface area contributed by atoms with Crippen LogP contribution < -0.4 is 5.32 Å². The highest BCUT2D eigenvalue weighted by molar-refractivity contribution is 7.11. The molecule has 0 radical (unpaired) electrons. The number of anilines is 1. The van der Waals surface area contributed by atoms with Crippen LogP contribution in [0.25, 0.3) is 10.8 Å². The molecule has 1 aromatic carbocycles. The van der Waals surface area contributed by atoms with E-state index in [1.54, 1.807) is 11.3 Å². The van der Waals surface area contributed by atoms with Gasteiger partial charge in [-0.3, -0.25) is 4.98 Å². The van der Waals surface area contributed by atoms with Gasteiger partial charge in [0.15, 0.2) is 0 Å². The summed E-state index contributed by atoms with van der Waals surface area (Å²) < 4.78 is 0. The molecule has 0 aliphatic heterocycles. The van der Waals surface area contributed by atoms with Crippen molar-refractivity contribution >= 4 is 27.8 Å². The van der Waals surface area contributed by atoms with E-state index in [-0.39, 0.29) is 6.04 Å². The summed E-state index contributed by atoms with van der Waals surface area (Å²) in [5, 5.41) is 7.03. The summed E-state index contributed by atoms with van der Waals surface area (Å²) in [7, 11) is 0. The average Bonchev–Trinajstić information content (AvgIpc) is 2.78. The van der Waals surface area contributed by atoms with Crippen molar-refractivity contribution in [3.63, 3.8) is 0 Å². The number of benzene rings is 1. The highest BCUT2D eigenvalue weighted by atomic mass is 32.1. The maximum absolute atomic E-state index is 4.63. The first-order valence-electron chi connectivity index (χ1n) is 6.68. The molecule has 0 spiro atoms. The Bertz CT molecular complexity index is 743. The number of nitrogens with one attached hydrogen (secondary N) is 1. The number of fused-ring (bicyclic) bond motifs is 1. The van der Waals surface area contributed by atoms with E-state index in [1.807, 2.05) is 18.5 Å². The summed E-state index contributed by atoms with van der Waals surface area (Å²) in [5.74, 6) is 0. The van der Waals surface area contributed by atoms with Gasteiger partial charge in [0.25, 0.3) is 0 Å². The summed E-state index contributed by atoms with van der Waals surface area (Å²) in [4.78, 5) is 10.1. The molecule has 0 fully saturated rings. The third-order valence-corrected chi connectivity index (χ3v) is 4.30. The van der Waals surface area contributed by atoms with E-state index in [1.165, 1.54) is 10.3 Å². The number of hydrogen-bond donors (Lipinski definition) is 1. The van der Waals surface area contributed by atoms with Crippen LogP contribution in [0.1, 0.15) is 28.5 Å². The largest absolute Gasteiger partial charge is 0.376 e. The number of thiazole rings is 1. The molecule has 0 aliphatic carbocycles. The minimum atomic E-state index is 0.193. The van der Waals surface area contributed by atoms with Gasteiger partial charge in [0.1, 0.15) is 0 Å². The summed E-state index contributed by atoms with van der Waals surface area (Å²) in [6, 6.07) is 8.48. The summed E-state index contributed by atoms with van der Waals surface area (Å²) in [5.41, 5.74) is 2.26. The predicted octanol–water partition coefficient (Wildman–Crippen LogP) is 4.48. The number of aryl methyl sites for hydroxylation is 2. The van der Waals surface area contributed by atoms with Gasteiger partial charge >= 0.3 is 0 Å². The van der Waals surface area contributed by atoms with Gasteiger partial charge in [0.2, 0.25) is 0 Å². The van der Waals surface area contributed by atoms with Gasteiger partial charge in [-0.1, -0.05) is 12.1 Å². The van der Waals surface area contributed by atoms with Gasteiger partial charge in [-0.2, -0.15) is 0 Å². The molecule has 1 atom stereocenters. The second-order valence-electron chi connectivity index (χ2n) is 4.94. The van der Waals surface area contributed by atoms with Crippen molar-refractivity contribution in [2.24, 2.45) is 0 Å². The fourth-order valence-corrected chi connectivity index (χ4v) is 3.41. The molecule has 4 heteroatoms. The van der Waals surface area contributed by atoms with Gasteiger partial charge in [-0.15, -0.1) is 11.3 Å². The maximum atomic E-state index is 4.63. The maximum Gasteiger partial charge on any atom is 0.0901 e. The lowest BCUT2D eigenvalue weighted by Crippen LogP contribution is -2.08. The fraction of sp³-hybridized carbons (Fsp3) is 0.250. The molecule has 0 saturated carbocycles. The van der Waals surface area contributed by atoms with E-state index in [4.69, 9.17) is 0 Å². The summed E-state index contributed by atoms with van der Waals surface area (Å²) >= 11 is 1.75. The molecule has 3 nitrogen and oxygen atoms in total. The van der Waals surface area contributed by atoms with Gasteiger partial charge in [-0.05, 0) is 32.9 Å². The van der Waals surface area contributed by atoms with Crippen LogP contribution in [0.3, 0.4) is 0 Å². The van der Waals surface area contributed by atoms with E-state index in [0.29, 0.717) is 0 Å². The lowest BCUT2D eigenvalue weighted by atomic mass is 10.1.